The van der Waals surface area contributed by atoms with Crippen molar-refractivity contribution in [3.63, 3.8) is 0 Å². The quantitative estimate of drug-likeness (QED) is 0.249. The van der Waals surface area contributed by atoms with Crippen LogP contribution < -0.4 is 0 Å². The van der Waals surface area contributed by atoms with E-state index in [2.05, 4.69) is 13.8 Å². The Bertz CT molecular complexity index is 257. The highest BCUT2D eigenvalue weighted by Gasteiger charge is 2.36. The molecule has 0 aromatic heterocycles. The van der Waals surface area contributed by atoms with Gasteiger partial charge in [-0.1, -0.05) is 26.7 Å². The largest absolute Gasteiger partial charge is 0.741 e. The number of hydrogen-bond donors (Lipinski definition) is 0. The van der Waals surface area contributed by atoms with Crippen LogP contribution in [0.5, 0.6) is 0 Å². The molecule has 0 aromatic rings. The molecule has 0 aliphatic heterocycles. The van der Waals surface area contributed by atoms with Crippen LogP contribution in [0.25, 0.3) is 0 Å². The average Bonchev–Trinajstić information content (AvgIpc) is 2.15. The SMILES string of the molecule is CCCC[SH+]CCCC.O=S(=O)([O-])C(F)(F)F. The molecular weight excluding hydrogens is 277 g/mol. The molecule has 8 heteroatoms. The smallest absolute Gasteiger partial charge is 0.485 e. The number of hydrogen-bond acceptors (Lipinski definition) is 3. The molecule has 0 N–H and O–H groups in total. The van der Waals surface area contributed by atoms with Gasteiger partial charge in [-0.3, -0.25) is 0 Å². The van der Waals surface area contributed by atoms with Crippen molar-refractivity contribution < 1.29 is 26.1 Å². The van der Waals surface area contributed by atoms with Crippen molar-refractivity contribution in [2.45, 2.75) is 45.0 Å². The summed E-state index contributed by atoms with van der Waals surface area (Å²) in [5, 5.41) is 0. The molecule has 0 spiro atoms. The van der Waals surface area contributed by atoms with Gasteiger partial charge in [0.1, 0.15) is 11.5 Å². The fraction of sp³-hybridized carbons (Fsp3) is 1.00. The molecule has 0 atom stereocenters. The Morgan fingerprint density at radius 1 is 1.06 bits per heavy atom. The molecule has 0 unspecified atom stereocenters. The summed E-state index contributed by atoms with van der Waals surface area (Å²) in [6, 6.07) is 0. The summed E-state index contributed by atoms with van der Waals surface area (Å²) in [5.74, 6) is 2.85. The monoisotopic (exact) mass is 296 g/mol. The number of unbranched alkanes of at least 4 members (excludes halogenated alkanes) is 2. The lowest BCUT2D eigenvalue weighted by molar-refractivity contribution is -0.0517. The van der Waals surface area contributed by atoms with Gasteiger partial charge in [0.25, 0.3) is 0 Å². The summed E-state index contributed by atoms with van der Waals surface area (Å²) in [7, 11) is -6.09. The Morgan fingerprint density at radius 3 is 1.53 bits per heavy atom. The second-order valence-electron chi connectivity index (χ2n) is 3.28. The molecule has 0 amide bonds. The lowest BCUT2D eigenvalue weighted by Crippen LogP contribution is -2.21. The summed E-state index contributed by atoms with van der Waals surface area (Å²) in [4.78, 5) is 0. The predicted octanol–water partition coefficient (Wildman–Crippen LogP) is 2.45. The molecule has 0 aromatic carbocycles. The summed E-state index contributed by atoms with van der Waals surface area (Å²) in [6.07, 6.45) is 5.56. The molecule has 0 radical (unpaired) electrons. The zero-order chi connectivity index (χ0) is 13.9. The number of alkyl halides is 3. The molecular formula is C9H19F3O3S2. The Balaban J connectivity index is 0. The second-order valence-corrected chi connectivity index (χ2v) is 5.99. The third kappa shape index (κ3) is 14.0. The van der Waals surface area contributed by atoms with Crippen LogP contribution >= 0.6 is 0 Å². The summed E-state index contributed by atoms with van der Waals surface area (Å²) in [5.41, 5.74) is -5.65. The van der Waals surface area contributed by atoms with Crippen LogP contribution in [0.1, 0.15) is 39.5 Å². The summed E-state index contributed by atoms with van der Waals surface area (Å²) < 4.78 is 58.9. The Hall–Kier alpha value is 0.0500. The van der Waals surface area contributed by atoms with Crippen molar-refractivity contribution in [2.24, 2.45) is 0 Å². The van der Waals surface area contributed by atoms with E-state index in [1.165, 1.54) is 37.2 Å². The molecule has 0 aliphatic rings. The first-order valence-electron chi connectivity index (χ1n) is 5.32. The Labute approximate surface area is 105 Å². The van der Waals surface area contributed by atoms with E-state index >= 15 is 0 Å². The first-order valence-corrected chi connectivity index (χ1v) is 7.99. The minimum atomic E-state index is -6.09. The summed E-state index contributed by atoms with van der Waals surface area (Å²) in [6.45, 7) is 4.52. The fourth-order valence-corrected chi connectivity index (χ4v) is 1.95. The van der Waals surface area contributed by atoms with E-state index in [1.807, 2.05) is 0 Å². The van der Waals surface area contributed by atoms with Crippen molar-refractivity contribution in [3.8, 4) is 0 Å². The van der Waals surface area contributed by atoms with E-state index in [0.29, 0.717) is 0 Å². The van der Waals surface area contributed by atoms with Crippen molar-refractivity contribution >= 4 is 21.9 Å². The molecule has 0 saturated carbocycles. The van der Waals surface area contributed by atoms with Crippen LogP contribution in [0.4, 0.5) is 13.2 Å². The van der Waals surface area contributed by atoms with Gasteiger partial charge in [0.2, 0.25) is 0 Å². The van der Waals surface area contributed by atoms with Crippen LogP contribution in [0.15, 0.2) is 0 Å². The van der Waals surface area contributed by atoms with E-state index < -0.39 is 15.6 Å². The van der Waals surface area contributed by atoms with Crippen LogP contribution in [0.2, 0.25) is 0 Å². The molecule has 0 bridgehead atoms. The lowest BCUT2D eigenvalue weighted by Gasteiger charge is -2.08. The van der Waals surface area contributed by atoms with E-state index in [9.17, 15) is 13.2 Å². The normalized spacial score (nSPS) is 11.9. The van der Waals surface area contributed by atoms with Gasteiger partial charge in [0, 0.05) is 0 Å². The molecule has 106 valence electrons. The van der Waals surface area contributed by atoms with Crippen LogP contribution in [-0.2, 0) is 21.9 Å². The van der Waals surface area contributed by atoms with E-state index in [1.54, 1.807) is 11.8 Å². The first-order chi connectivity index (χ1) is 7.66. The second kappa shape index (κ2) is 10.0. The van der Waals surface area contributed by atoms with Crippen LogP contribution in [-0.4, -0.2) is 30.0 Å². The molecule has 0 heterocycles. The topological polar surface area (TPSA) is 57.2 Å². The van der Waals surface area contributed by atoms with Gasteiger partial charge in [-0.15, -0.1) is 0 Å². The minimum absolute atomic E-state index is 1.36. The number of rotatable bonds is 6. The van der Waals surface area contributed by atoms with Crippen molar-refractivity contribution in [1.82, 2.24) is 0 Å². The molecule has 0 rings (SSSR count). The zero-order valence-electron chi connectivity index (χ0n) is 9.96. The highest BCUT2D eigenvalue weighted by molar-refractivity contribution is 7.86. The van der Waals surface area contributed by atoms with Gasteiger partial charge < -0.3 is 4.55 Å². The van der Waals surface area contributed by atoms with Gasteiger partial charge in [-0.25, -0.2) is 8.42 Å². The maximum atomic E-state index is 10.7. The van der Waals surface area contributed by atoms with Crippen molar-refractivity contribution in [3.05, 3.63) is 0 Å². The highest BCUT2D eigenvalue weighted by Crippen LogP contribution is 2.20. The van der Waals surface area contributed by atoms with Gasteiger partial charge >= 0.3 is 5.51 Å². The average molecular weight is 296 g/mol. The van der Waals surface area contributed by atoms with Crippen molar-refractivity contribution in [2.75, 3.05) is 11.5 Å². The van der Waals surface area contributed by atoms with E-state index in [0.717, 1.165) is 0 Å². The third-order valence-electron chi connectivity index (χ3n) is 1.62. The Morgan fingerprint density at radius 2 is 1.35 bits per heavy atom. The minimum Gasteiger partial charge on any atom is -0.741 e. The van der Waals surface area contributed by atoms with Gasteiger partial charge in [-0.05, 0) is 24.6 Å². The Kier molecular flexibility index (Phi) is 11.4. The van der Waals surface area contributed by atoms with Gasteiger partial charge in [0.05, 0.1) is 0 Å². The van der Waals surface area contributed by atoms with E-state index in [-0.39, 0.29) is 0 Å². The highest BCUT2D eigenvalue weighted by atomic mass is 32.2. The molecule has 0 saturated heterocycles. The first kappa shape index (κ1) is 19.4. The third-order valence-corrected chi connectivity index (χ3v) is 3.45. The number of halogens is 3. The molecule has 0 aliphatic carbocycles. The standard InChI is InChI=1S/C8H18S.CHF3O3S/c1-3-5-7-9-8-6-4-2;2-1(3,4)8(5,6)7/h3-8H2,1-2H3;(H,5,6,7). The molecule has 3 nitrogen and oxygen atoms in total. The zero-order valence-corrected chi connectivity index (χ0v) is 11.7. The number of thiol groups is 1. The van der Waals surface area contributed by atoms with Gasteiger partial charge in [0.15, 0.2) is 10.1 Å². The maximum absolute atomic E-state index is 10.7. The summed E-state index contributed by atoms with van der Waals surface area (Å²) >= 11 is 1.67. The molecule has 17 heavy (non-hydrogen) atoms. The van der Waals surface area contributed by atoms with Crippen molar-refractivity contribution in [1.29, 1.82) is 0 Å². The lowest BCUT2D eigenvalue weighted by atomic mass is 10.4. The van der Waals surface area contributed by atoms with Gasteiger partial charge in [-0.2, -0.15) is 13.2 Å². The maximum Gasteiger partial charge on any atom is 0.485 e. The fourth-order valence-electron chi connectivity index (χ4n) is 0.652. The molecule has 0 fully saturated rings. The predicted molar refractivity (Wildman–Crippen MR) is 64.1 cm³/mol. The van der Waals surface area contributed by atoms with Crippen LogP contribution in [0, 0.1) is 0 Å². The van der Waals surface area contributed by atoms with Crippen LogP contribution in [0.3, 0.4) is 0 Å². The van der Waals surface area contributed by atoms with E-state index in [4.69, 9.17) is 13.0 Å².